The summed E-state index contributed by atoms with van der Waals surface area (Å²) in [5.41, 5.74) is 10.2. The van der Waals surface area contributed by atoms with Crippen LogP contribution in [0.15, 0.2) is 29.3 Å². The molecule has 10 nitrogen and oxygen atoms in total. The predicted octanol–water partition coefficient (Wildman–Crippen LogP) is 12.0. The molecule has 0 radical (unpaired) electrons. The van der Waals surface area contributed by atoms with Gasteiger partial charge in [0.1, 0.15) is 12.7 Å². The minimum absolute atomic E-state index is 0.128. The van der Waals surface area contributed by atoms with E-state index in [1.807, 2.05) is 19.0 Å². The zero-order valence-corrected chi connectivity index (χ0v) is 35.3. The van der Waals surface area contributed by atoms with Crippen molar-refractivity contribution in [1.29, 1.82) is 0 Å². The summed E-state index contributed by atoms with van der Waals surface area (Å²) in [4.78, 5) is 39.3. The van der Waals surface area contributed by atoms with E-state index in [4.69, 9.17) is 28.4 Å². The summed E-state index contributed by atoms with van der Waals surface area (Å²) >= 11 is 0. The molecule has 0 amide bonds. The van der Waals surface area contributed by atoms with E-state index in [2.05, 4.69) is 37.6 Å². The molecule has 55 heavy (non-hydrogen) atoms. The summed E-state index contributed by atoms with van der Waals surface area (Å²) in [5.74, 6) is 0.255. The predicted molar refractivity (Wildman–Crippen MR) is 218 cm³/mol. The number of hydrogen-bond acceptors (Lipinski definition) is 10. The second kappa shape index (κ2) is 35.3. The number of rotatable bonds is 12. The number of hydrogen-bond donors (Lipinski definition) is 0. The van der Waals surface area contributed by atoms with Crippen LogP contribution in [0.2, 0.25) is 0 Å². The summed E-state index contributed by atoms with van der Waals surface area (Å²) in [6.45, 7) is 10.2. The van der Waals surface area contributed by atoms with Gasteiger partial charge in [-0.15, -0.1) is 0 Å². The molecule has 2 atom stereocenters. The molecular formula is C45H77NO9. The van der Waals surface area contributed by atoms with Crippen LogP contribution in [-0.4, -0.2) is 83.1 Å². The molecule has 0 saturated carbocycles. The van der Waals surface area contributed by atoms with Gasteiger partial charge in [-0.25, -0.2) is 14.4 Å². The average molecular weight is 776 g/mol. The molecule has 0 aromatic rings. The van der Waals surface area contributed by atoms with E-state index in [1.54, 1.807) is 0 Å². The number of allylic oxidation sites excluding steroid dienone is 1. The zero-order chi connectivity index (χ0) is 40.2. The van der Waals surface area contributed by atoms with Crippen LogP contribution in [0.3, 0.4) is 0 Å². The highest BCUT2D eigenvalue weighted by Gasteiger charge is 2.24. The molecular weight excluding hydrogens is 698 g/mol. The number of carbonyl (C=O) groups is 3. The van der Waals surface area contributed by atoms with E-state index in [1.165, 1.54) is 0 Å². The van der Waals surface area contributed by atoms with Gasteiger partial charge in [0.15, 0.2) is 0 Å². The Kier molecular flexibility index (Phi) is 32.0. The molecule has 0 aromatic heterocycles. The Morgan fingerprint density at radius 1 is 0.673 bits per heavy atom. The van der Waals surface area contributed by atoms with Crippen molar-refractivity contribution in [2.45, 2.75) is 174 Å². The molecule has 1 aliphatic heterocycles. The monoisotopic (exact) mass is 776 g/mol. The summed E-state index contributed by atoms with van der Waals surface area (Å²) in [5, 5.41) is 0. The standard InChI is InChI=1S/C45H77NO9/c1-6-9-20-26-39-31-36-52-43(47)50-34-24-18-14-12-16-22-28-41(55-45(49)54-38-33-46(4)5)29-23-17-13-15-19-25-35-51-44(48)53-37-32-40(27-21-10-7-2)42(39)30-11-8-3/h39-41H,3,6-7,9-10,12-29,31-38H2,1-2,4-5H3. The first-order valence-corrected chi connectivity index (χ1v) is 21.8. The molecule has 1 heterocycles. The van der Waals surface area contributed by atoms with Gasteiger partial charge in [-0.1, -0.05) is 115 Å². The number of ether oxygens (including phenoxy) is 6. The normalized spacial score (nSPS) is 21.6. The van der Waals surface area contributed by atoms with Gasteiger partial charge < -0.3 is 33.3 Å². The van der Waals surface area contributed by atoms with Crippen molar-refractivity contribution in [2.75, 3.05) is 53.7 Å². The van der Waals surface area contributed by atoms with Gasteiger partial charge in [-0.2, -0.15) is 0 Å². The third-order valence-corrected chi connectivity index (χ3v) is 10.2. The first-order chi connectivity index (χ1) is 26.8. The van der Waals surface area contributed by atoms with E-state index in [9.17, 15) is 14.4 Å². The molecule has 1 saturated heterocycles. The van der Waals surface area contributed by atoms with Gasteiger partial charge in [0, 0.05) is 6.54 Å². The highest BCUT2D eigenvalue weighted by molar-refractivity contribution is 5.60. The smallest absolute Gasteiger partial charge is 0.434 e. The lowest BCUT2D eigenvalue weighted by Crippen LogP contribution is -2.23. The van der Waals surface area contributed by atoms with Crippen LogP contribution < -0.4 is 0 Å². The highest BCUT2D eigenvalue weighted by atomic mass is 16.7. The fraction of sp³-hybridized carbons (Fsp3) is 0.822. The van der Waals surface area contributed by atoms with Crippen LogP contribution in [0.4, 0.5) is 14.4 Å². The Morgan fingerprint density at radius 2 is 1.13 bits per heavy atom. The van der Waals surface area contributed by atoms with Crippen molar-refractivity contribution in [3.8, 4) is 0 Å². The lowest BCUT2D eigenvalue weighted by Gasteiger charge is -2.26. The first-order valence-electron chi connectivity index (χ1n) is 21.8. The van der Waals surface area contributed by atoms with Crippen molar-refractivity contribution in [3.05, 3.63) is 29.3 Å². The maximum atomic E-state index is 12.5. The maximum Gasteiger partial charge on any atom is 0.508 e. The Morgan fingerprint density at radius 3 is 1.58 bits per heavy atom. The van der Waals surface area contributed by atoms with Gasteiger partial charge in [-0.3, -0.25) is 0 Å². The van der Waals surface area contributed by atoms with E-state index in [-0.39, 0.29) is 31.2 Å². The number of carbonyl (C=O) groups excluding carboxylic acids is 3. The molecule has 316 valence electrons. The van der Waals surface area contributed by atoms with E-state index < -0.39 is 18.5 Å². The molecule has 0 bridgehead atoms. The lowest BCUT2D eigenvalue weighted by molar-refractivity contribution is 0.0138. The zero-order valence-electron chi connectivity index (χ0n) is 35.3. The number of nitrogens with zero attached hydrogens (tertiary/aromatic N) is 1. The molecule has 0 spiro atoms. The van der Waals surface area contributed by atoms with Crippen LogP contribution in [0.5, 0.6) is 0 Å². The quantitative estimate of drug-likeness (QED) is 0.0822. The SMILES string of the molecule is C=C=C=C=C1C(CCCCC)CCOC(=O)OCCCCCCCCC(OC(=O)OCCN(C)C)CCCCCCCCOC(=O)OCCC1CCCCC. The second-order valence-corrected chi connectivity index (χ2v) is 15.2. The average Bonchev–Trinajstić information content (AvgIpc) is 3.15. The summed E-state index contributed by atoms with van der Waals surface area (Å²) in [6.07, 6.45) is 21.3. The largest absolute Gasteiger partial charge is 0.508 e. The van der Waals surface area contributed by atoms with Crippen molar-refractivity contribution in [3.63, 3.8) is 0 Å². The second-order valence-electron chi connectivity index (χ2n) is 15.2. The Bertz CT molecular complexity index is 1070. The van der Waals surface area contributed by atoms with Gasteiger partial charge in [0.25, 0.3) is 0 Å². The third kappa shape index (κ3) is 28.9. The van der Waals surface area contributed by atoms with E-state index >= 15 is 0 Å². The lowest BCUT2D eigenvalue weighted by atomic mass is 9.79. The van der Waals surface area contributed by atoms with Crippen molar-refractivity contribution < 1.29 is 42.8 Å². The van der Waals surface area contributed by atoms with Crippen LogP contribution in [0.1, 0.15) is 168 Å². The Hall–Kier alpha value is -3.15. The fourth-order valence-corrected chi connectivity index (χ4v) is 6.92. The van der Waals surface area contributed by atoms with Crippen molar-refractivity contribution in [2.24, 2.45) is 11.8 Å². The Balaban J connectivity index is 2.90. The first kappa shape index (κ1) is 49.9. The van der Waals surface area contributed by atoms with Crippen LogP contribution in [0, 0.1) is 11.8 Å². The van der Waals surface area contributed by atoms with Crippen molar-refractivity contribution in [1.82, 2.24) is 4.90 Å². The van der Waals surface area contributed by atoms with Crippen LogP contribution in [0.25, 0.3) is 0 Å². The molecule has 1 aliphatic rings. The highest BCUT2D eigenvalue weighted by Crippen LogP contribution is 2.33. The summed E-state index contributed by atoms with van der Waals surface area (Å²) < 4.78 is 33.0. The van der Waals surface area contributed by atoms with Gasteiger partial charge in [-0.05, 0) is 108 Å². The van der Waals surface area contributed by atoms with Gasteiger partial charge >= 0.3 is 18.5 Å². The molecule has 0 N–H and O–H groups in total. The maximum absolute atomic E-state index is 12.5. The molecule has 0 aromatic carbocycles. The Labute approximate surface area is 334 Å². The van der Waals surface area contributed by atoms with E-state index in [0.29, 0.717) is 39.2 Å². The van der Waals surface area contributed by atoms with Crippen LogP contribution in [-0.2, 0) is 28.4 Å². The summed E-state index contributed by atoms with van der Waals surface area (Å²) in [7, 11) is 3.87. The van der Waals surface area contributed by atoms with Crippen molar-refractivity contribution >= 4 is 18.5 Å². The summed E-state index contributed by atoms with van der Waals surface area (Å²) in [6, 6.07) is 0. The third-order valence-electron chi connectivity index (χ3n) is 10.2. The molecule has 10 heteroatoms. The number of cyclic esters (lactones) is 4. The minimum Gasteiger partial charge on any atom is -0.434 e. The van der Waals surface area contributed by atoms with Gasteiger partial charge in [0.2, 0.25) is 0 Å². The number of unbranched alkanes of at least 4 members (excludes halogenated alkanes) is 4. The number of likely N-dealkylation sites (N-methyl/N-ethyl adjacent to an activating group) is 1. The molecule has 1 rings (SSSR count). The fourth-order valence-electron chi connectivity index (χ4n) is 6.92. The molecule has 1 fully saturated rings. The van der Waals surface area contributed by atoms with Gasteiger partial charge in [0.05, 0.1) is 26.4 Å². The molecule has 0 aliphatic carbocycles. The topological polar surface area (TPSA) is 110 Å². The molecule has 2 unspecified atom stereocenters. The van der Waals surface area contributed by atoms with Crippen LogP contribution >= 0.6 is 0 Å². The minimum atomic E-state index is -0.628. The van der Waals surface area contributed by atoms with E-state index in [0.717, 1.165) is 147 Å².